The van der Waals surface area contributed by atoms with Crippen molar-refractivity contribution in [2.75, 3.05) is 32.8 Å². The summed E-state index contributed by atoms with van der Waals surface area (Å²) in [5.41, 5.74) is 1.58. The molecule has 0 aliphatic carbocycles. The molecule has 23 heavy (non-hydrogen) atoms. The van der Waals surface area contributed by atoms with Gasteiger partial charge in [0.25, 0.3) is 11.6 Å². The third kappa shape index (κ3) is 3.35. The van der Waals surface area contributed by atoms with Crippen molar-refractivity contribution in [2.45, 2.75) is 26.3 Å². The first kappa shape index (κ1) is 15.9. The summed E-state index contributed by atoms with van der Waals surface area (Å²) >= 11 is 0. The number of fused-ring (bicyclic) bond motifs is 1. The summed E-state index contributed by atoms with van der Waals surface area (Å²) < 4.78 is 10.4. The number of aromatic nitrogens is 2. The van der Waals surface area contributed by atoms with E-state index < -0.39 is 0 Å². The fraction of sp³-hybridized carbons (Fsp3) is 0.562. The molecule has 3 rings (SSSR count). The molecule has 0 unspecified atom stereocenters. The molecule has 0 spiro atoms. The highest BCUT2D eigenvalue weighted by molar-refractivity contribution is 5.96. The van der Waals surface area contributed by atoms with Crippen molar-refractivity contribution in [1.29, 1.82) is 0 Å². The first-order valence-corrected chi connectivity index (χ1v) is 7.80. The number of ether oxygens (including phenoxy) is 1. The summed E-state index contributed by atoms with van der Waals surface area (Å²) in [6.45, 7) is 9.90. The van der Waals surface area contributed by atoms with Gasteiger partial charge < -0.3 is 14.6 Å². The maximum Gasteiger partial charge on any atom is 0.257 e. The van der Waals surface area contributed by atoms with Crippen molar-refractivity contribution in [3.63, 3.8) is 0 Å². The minimum absolute atomic E-state index is 0.121. The second-order valence-corrected chi connectivity index (χ2v) is 6.44. The first-order chi connectivity index (χ1) is 11.0. The van der Waals surface area contributed by atoms with Crippen LogP contribution in [0.15, 0.2) is 16.8 Å². The zero-order valence-corrected chi connectivity index (χ0v) is 13.8. The highest BCUT2D eigenvalue weighted by Crippen LogP contribution is 2.18. The predicted molar refractivity (Wildman–Crippen MR) is 85.3 cm³/mol. The van der Waals surface area contributed by atoms with Crippen LogP contribution in [-0.2, 0) is 4.74 Å². The van der Waals surface area contributed by atoms with E-state index >= 15 is 0 Å². The van der Waals surface area contributed by atoms with Gasteiger partial charge in [0.1, 0.15) is 0 Å². The number of morpholine rings is 1. The number of hydrogen-bond donors (Lipinski definition) is 1. The van der Waals surface area contributed by atoms with Crippen LogP contribution in [0.25, 0.3) is 11.1 Å². The lowest BCUT2D eigenvalue weighted by Gasteiger charge is -2.40. The molecule has 1 aliphatic rings. The smallest absolute Gasteiger partial charge is 0.257 e. The van der Waals surface area contributed by atoms with E-state index in [9.17, 15) is 4.79 Å². The van der Waals surface area contributed by atoms with Crippen molar-refractivity contribution in [1.82, 2.24) is 20.4 Å². The zero-order chi connectivity index (χ0) is 16.4. The quantitative estimate of drug-likeness (QED) is 0.917. The van der Waals surface area contributed by atoms with E-state index in [2.05, 4.69) is 34.2 Å². The second kappa shape index (κ2) is 6.25. The van der Waals surface area contributed by atoms with Crippen molar-refractivity contribution >= 4 is 17.0 Å². The van der Waals surface area contributed by atoms with E-state index in [0.29, 0.717) is 17.8 Å². The van der Waals surface area contributed by atoms with E-state index in [1.165, 1.54) is 6.20 Å². The van der Waals surface area contributed by atoms with Gasteiger partial charge in [-0.15, -0.1) is 0 Å². The summed E-state index contributed by atoms with van der Waals surface area (Å²) in [5, 5.41) is 7.62. The Morgan fingerprint density at radius 2 is 2.13 bits per heavy atom. The molecule has 2 aromatic heterocycles. The average molecular weight is 318 g/mol. The van der Waals surface area contributed by atoms with Crippen LogP contribution in [0.5, 0.6) is 0 Å². The topological polar surface area (TPSA) is 80.5 Å². The molecule has 1 fully saturated rings. The monoisotopic (exact) mass is 318 g/mol. The van der Waals surface area contributed by atoms with Crippen LogP contribution < -0.4 is 5.32 Å². The Balaban J connectivity index is 1.66. The Bertz CT molecular complexity index is 704. The van der Waals surface area contributed by atoms with Crippen LogP contribution in [0.3, 0.4) is 0 Å². The largest absolute Gasteiger partial charge is 0.379 e. The van der Waals surface area contributed by atoms with Crippen molar-refractivity contribution in [2.24, 2.45) is 0 Å². The number of amides is 1. The number of carbonyl (C=O) groups excluding carboxylic acids is 1. The standard InChI is InChI=1S/C16H22N4O3/c1-11-13-8-12(9-17-15(13)23-19-11)14(21)18-10-16(2,3)20-4-6-22-7-5-20/h8-9H,4-7,10H2,1-3H3,(H,18,21). The van der Waals surface area contributed by atoms with Crippen LogP contribution in [-0.4, -0.2) is 59.3 Å². The van der Waals surface area contributed by atoms with Gasteiger partial charge in [-0.2, -0.15) is 0 Å². The summed E-state index contributed by atoms with van der Waals surface area (Å²) in [5.74, 6) is -0.138. The molecule has 2 aromatic rings. The van der Waals surface area contributed by atoms with E-state index in [1.807, 2.05) is 6.92 Å². The van der Waals surface area contributed by atoms with Gasteiger partial charge >= 0.3 is 0 Å². The SMILES string of the molecule is Cc1noc2ncc(C(=O)NCC(C)(C)N3CCOCC3)cc12. The Morgan fingerprint density at radius 3 is 2.87 bits per heavy atom. The van der Waals surface area contributed by atoms with Gasteiger partial charge in [-0.3, -0.25) is 9.69 Å². The van der Waals surface area contributed by atoms with Gasteiger partial charge in [-0.25, -0.2) is 4.98 Å². The molecule has 3 heterocycles. The fourth-order valence-corrected chi connectivity index (χ4v) is 2.75. The third-order valence-corrected chi connectivity index (χ3v) is 4.32. The molecular formula is C16H22N4O3. The Kier molecular flexibility index (Phi) is 4.32. The van der Waals surface area contributed by atoms with Gasteiger partial charge in [-0.05, 0) is 26.8 Å². The minimum Gasteiger partial charge on any atom is -0.379 e. The molecule has 1 N–H and O–H groups in total. The molecule has 0 aromatic carbocycles. The molecular weight excluding hydrogens is 296 g/mol. The molecule has 7 nitrogen and oxygen atoms in total. The lowest BCUT2D eigenvalue weighted by atomic mass is 10.0. The van der Waals surface area contributed by atoms with Gasteiger partial charge in [-0.1, -0.05) is 5.16 Å². The van der Waals surface area contributed by atoms with Crippen LogP contribution in [0.2, 0.25) is 0 Å². The third-order valence-electron chi connectivity index (χ3n) is 4.32. The highest BCUT2D eigenvalue weighted by Gasteiger charge is 2.28. The lowest BCUT2D eigenvalue weighted by molar-refractivity contribution is -0.00923. The Hall–Kier alpha value is -1.99. The molecule has 0 bridgehead atoms. The molecule has 7 heteroatoms. The lowest BCUT2D eigenvalue weighted by Crippen LogP contribution is -2.55. The molecule has 124 valence electrons. The van der Waals surface area contributed by atoms with E-state index in [1.54, 1.807) is 6.07 Å². The number of nitrogens with zero attached hydrogens (tertiary/aromatic N) is 3. The predicted octanol–water partition coefficient (Wildman–Crippen LogP) is 1.37. The maximum atomic E-state index is 12.4. The first-order valence-electron chi connectivity index (χ1n) is 7.80. The summed E-state index contributed by atoms with van der Waals surface area (Å²) in [6.07, 6.45) is 1.52. The van der Waals surface area contributed by atoms with Crippen LogP contribution in [0, 0.1) is 6.92 Å². The number of pyridine rings is 1. The van der Waals surface area contributed by atoms with Crippen LogP contribution in [0.1, 0.15) is 29.9 Å². The minimum atomic E-state index is -0.138. The van der Waals surface area contributed by atoms with Crippen molar-refractivity contribution < 1.29 is 14.1 Å². The number of hydrogen-bond acceptors (Lipinski definition) is 6. The average Bonchev–Trinajstić information content (AvgIpc) is 2.94. The van der Waals surface area contributed by atoms with Crippen LogP contribution >= 0.6 is 0 Å². The van der Waals surface area contributed by atoms with Crippen LogP contribution in [0.4, 0.5) is 0 Å². The van der Waals surface area contributed by atoms with Gasteiger partial charge in [0.15, 0.2) is 0 Å². The van der Waals surface area contributed by atoms with Gasteiger partial charge in [0.05, 0.1) is 29.9 Å². The summed E-state index contributed by atoms with van der Waals surface area (Å²) in [6, 6.07) is 1.77. The Labute approximate surface area is 135 Å². The molecule has 1 saturated heterocycles. The van der Waals surface area contributed by atoms with E-state index in [4.69, 9.17) is 9.26 Å². The molecule has 1 aliphatic heterocycles. The Morgan fingerprint density at radius 1 is 1.39 bits per heavy atom. The fourth-order valence-electron chi connectivity index (χ4n) is 2.75. The van der Waals surface area contributed by atoms with E-state index in [-0.39, 0.29) is 11.4 Å². The number of rotatable bonds is 4. The van der Waals surface area contributed by atoms with Crippen molar-refractivity contribution in [3.05, 3.63) is 23.5 Å². The normalized spacial score (nSPS) is 16.7. The van der Waals surface area contributed by atoms with Crippen molar-refractivity contribution in [3.8, 4) is 0 Å². The van der Waals surface area contributed by atoms with Gasteiger partial charge in [0.2, 0.25) is 0 Å². The van der Waals surface area contributed by atoms with Gasteiger partial charge in [0, 0.05) is 31.4 Å². The molecule has 0 radical (unpaired) electrons. The summed E-state index contributed by atoms with van der Waals surface area (Å²) in [7, 11) is 0. The zero-order valence-electron chi connectivity index (χ0n) is 13.8. The molecule has 1 amide bonds. The number of aryl methyl sites for hydroxylation is 1. The summed E-state index contributed by atoms with van der Waals surface area (Å²) in [4.78, 5) is 18.9. The number of carbonyl (C=O) groups is 1. The maximum absolute atomic E-state index is 12.4. The second-order valence-electron chi connectivity index (χ2n) is 6.44. The highest BCUT2D eigenvalue weighted by atomic mass is 16.5. The molecule has 0 atom stereocenters. The number of nitrogens with one attached hydrogen (secondary N) is 1. The van der Waals surface area contributed by atoms with E-state index in [0.717, 1.165) is 37.4 Å². The molecule has 0 saturated carbocycles.